The second-order valence-electron chi connectivity index (χ2n) is 3.64. The number of nitrogens with one attached hydrogen (secondary N) is 1. The summed E-state index contributed by atoms with van der Waals surface area (Å²) in [5, 5.41) is 17.3. The molecule has 1 N–H and O–H groups in total. The summed E-state index contributed by atoms with van der Waals surface area (Å²) in [6.45, 7) is 0. The summed E-state index contributed by atoms with van der Waals surface area (Å²) in [7, 11) is 0. The first-order chi connectivity index (χ1) is 9.20. The van der Waals surface area contributed by atoms with Crippen LogP contribution in [0.1, 0.15) is 0 Å². The smallest absolute Gasteiger partial charge is 0.293 e. The molecule has 0 aromatic heterocycles. The Kier molecular flexibility index (Phi) is 3.61. The summed E-state index contributed by atoms with van der Waals surface area (Å²) in [6.07, 6.45) is 0. The summed E-state index contributed by atoms with van der Waals surface area (Å²) in [6, 6.07) is 13.3. The number of hydrogen-bond acceptors (Lipinski definition) is 4. The van der Waals surface area contributed by atoms with E-state index in [1.54, 1.807) is 12.1 Å². The minimum atomic E-state index is -0.526. The minimum absolute atomic E-state index is 0.145. The number of nitrogens with zero attached hydrogens (tertiary/aromatic N) is 4. The van der Waals surface area contributed by atoms with Gasteiger partial charge in [0.2, 0.25) is 0 Å². The second-order valence-corrected chi connectivity index (χ2v) is 3.64. The topological polar surface area (TPSA) is 104 Å². The lowest BCUT2D eigenvalue weighted by Crippen LogP contribution is -1.96. The SMILES string of the molecule is [N-]=[N+]=Nc1ccc(Nc2ccccc2)c([N+](=O)[O-])c1. The van der Waals surface area contributed by atoms with Crippen molar-refractivity contribution in [2.45, 2.75) is 0 Å². The van der Waals surface area contributed by atoms with Gasteiger partial charge in [-0.15, -0.1) is 0 Å². The first kappa shape index (κ1) is 12.4. The molecule has 2 aromatic carbocycles. The Balaban J connectivity index is 2.40. The van der Waals surface area contributed by atoms with Crippen LogP contribution in [-0.4, -0.2) is 4.92 Å². The largest absolute Gasteiger partial charge is 0.350 e. The van der Waals surface area contributed by atoms with Gasteiger partial charge < -0.3 is 5.32 Å². The molecule has 2 rings (SSSR count). The highest BCUT2D eigenvalue weighted by Gasteiger charge is 2.14. The fourth-order valence-electron chi connectivity index (χ4n) is 1.57. The first-order valence-electron chi connectivity index (χ1n) is 5.36. The third-order valence-electron chi connectivity index (χ3n) is 2.39. The Hall–Kier alpha value is -3.05. The van der Waals surface area contributed by atoms with Crippen LogP contribution in [0.3, 0.4) is 0 Å². The van der Waals surface area contributed by atoms with E-state index in [9.17, 15) is 10.1 Å². The average Bonchev–Trinajstić information content (AvgIpc) is 2.42. The van der Waals surface area contributed by atoms with E-state index in [1.807, 2.05) is 18.2 Å². The monoisotopic (exact) mass is 255 g/mol. The average molecular weight is 255 g/mol. The van der Waals surface area contributed by atoms with Crippen LogP contribution in [0.2, 0.25) is 0 Å². The predicted molar refractivity (Wildman–Crippen MR) is 71.6 cm³/mol. The lowest BCUT2D eigenvalue weighted by Gasteiger charge is -2.07. The number of benzene rings is 2. The highest BCUT2D eigenvalue weighted by molar-refractivity contribution is 5.72. The van der Waals surface area contributed by atoms with Gasteiger partial charge in [-0.1, -0.05) is 29.4 Å². The maximum absolute atomic E-state index is 11.0. The molecule has 0 unspecified atom stereocenters. The van der Waals surface area contributed by atoms with Crippen molar-refractivity contribution in [3.8, 4) is 0 Å². The molecule has 19 heavy (non-hydrogen) atoms. The summed E-state index contributed by atoms with van der Waals surface area (Å²) < 4.78 is 0. The highest BCUT2D eigenvalue weighted by atomic mass is 16.6. The molecule has 0 heterocycles. The maximum atomic E-state index is 11.0. The number of azide groups is 1. The van der Waals surface area contributed by atoms with E-state index in [-0.39, 0.29) is 11.4 Å². The summed E-state index contributed by atoms with van der Waals surface area (Å²) >= 11 is 0. The van der Waals surface area contributed by atoms with Crippen molar-refractivity contribution >= 4 is 22.7 Å². The Morgan fingerprint density at radius 3 is 2.58 bits per heavy atom. The standard InChI is InChI=1S/C12H9N5O2/c13-16-15-10-6-7-11(12(8-10)17(18)19)14-9-4-2-1-3-5-9/h1-8,14H. The predicted octanol–water partition coefficient (Wildman–Crippen LogP) is 4.28. The van der Waals surface area contributed by atoms with E-state index in [0.29, 0.717) is 5.69 Å². The van der Waals surface area contributed by atoms with Crippen molar-refractivity contribution in [2.24, 2.45) is 5.11 Å². The van der Waals surface area contributed by atoms with Crippen molar-refractivity contribution < 1.29 is 4.92 Å². The Bertz CT molecular complexity index is 650. The molecule has 0 saturated carbocycles. The number of para-hydroxylation sites is 1. The van der Waals surface area contributed by atoms with Gasteiger partial charge in [-0.3, -0.25) is 10.1 Å². The highest BCUT2D eigenvalue weighted by Crippen LogP contribution is 2.31. The molecule has 0 radical (unpaired) electrons. The molecule has 0 aliphatic carbocycles. The van der Waals surface area contributed by atoms with Crippen molar-refractivity contribution in [3.63, 3.8) is 0 Å². The second kappa shape index (κ2) is 5.52. The quantitative estimate of drug-likeness (QED) is 0.290. The van der Waals surface area contributed by atoms with Crippen LogP contribution in [-0.2, 0) is 0 Å². The van der Waals surface area contributed by atoms with Gasteiger partial charge in [0.15, 0.2) is 0 Å². The Morgan fingerprint density at radius 1 is 1.21 bits per heavy atom. The Labute approximate surface area is 108 Å². The van der Waals surface area contributed by atoms with E-state index < -0.39 is 4.92 Å². The molecule has 0 spiro atoms. The minimum Gasteiger partial charge on any atom is -0.350 e. The zero-order valence-electron chi connectivity index (χ0n) is 9.72. The number of nitro groups is 1. The van der Waals surface area contributed by atoms with Crippen LogP contribution in [0.5, 0.6) is 0 Å². The molecule has 7 nitrogen and oxygen atoms in total. The fourth-order valence-corrected chi connectivity index (χ4v) is 1.57. The van der Waals surface area contributed by atoms with Crippen molar-refractivity contribution in [2.75, 3.05) is 5.32 Å². The molecular weight excluding hydrogens is 246 g/mol. The van der Waals surface area contributed by atoms with Gasteiger partial charge in [0.25, 0.3) is 5.69 Å². The van der Waals surface area contributed by atoms with Gasteiger partial charge >= 0.3 is 0 Å². The Morgan fingerprint density at radius 2 is 1.95 bits per heavy atom. The molecule has 0 saturated heterocycles. The maximum Gasteiger partial charge on any atom is 0.293 e. The fraction of sp³-hybridized carbons (Fsp3) is 0. The lowest BCUT2D eigenvalue weighted by atomic mass is 10.2. The third-order valence-corrected chi connectivity index (χ3v) is 2.39. The van der Waals surface area contributed by atoms with Gasteiger partial charge in [0, 0.05) is 22.4 Å². The van der Waals surface area contributed by atoms with Crippen LogP contribution in [0, 0.1) is 10.1 Å². The van der Waals surface area contributed by atoms with Gasteiger partial charge in [0.05, 0.1) is 4.92 Å². The van der Waals surface area contributed by atoms with Gasteiger partial charge in [-0.25, -0.2) is 0 Å². The van der Waals surface area contributed by atoms with E-state index in [2.05, 4.69) is 15.3 Å². The van der Waals surface area contributed by atoms with Crippen LogP contribution in [0.4, 0.5) is 22.7 Å². The molecular formula is C12H9N5O2. The van der Waals surface area contributed by atoms with Gasteiger partial charge in [0.1, 0.15) is 5.69 Å². The lowest BCUT2D eigenvalue weighted by molar-refractivity contribution is -0.383. The summed E-state index contributed by atoms with van der Waals surface area (Å²) in [5.41, 5.74) is 9.46. The molecule has 2 aromatic rings. The van der Waals surface area contributed by atoms with Gasteiger partial charge in [-0.2, -0.15) is 0 Å². The van der Waals surface area contributed by atoms with Crippen LogP contribution in [0.25, 0.3) is 10.4 Å². The molecule has 94 valence electrons. The zero-order chi connectivity index (χ0) is 13.7. The number of anilines is 2. The normalized spacial score (nSPS) is 9.47. The van der Waals surface area contributed by atoms with Crippen molar-refractivity contribution in [1.29, 1.82) is 0 Å². The zero-order valence-corrected chi connectivity index (χ0v) is 9.72. The van der Waals surface area contributed by atoms with Crippen molar-refractivity contribution in [3.05, 3.63) is 69.1 Å². The molecule has 0 atom stereocenters. The summed E-state index contributed by atoms with van der Waals surface area (Å²) in [5.74, 6) is 0. The number of hydrogen-bond donors (Lipinski definition) is 1. The van der Waals surface area contributed by atoms with E-state index in [0.717, 1.165) is 5.69 Å². The summed E-state index contributed by atoms with van der Waals surface area (Å²) in [4.78, 5) is 13.1. The van der Waals surface area contributed by atoms with Gasteiger partial charge in [-0.05, 0) is 23.7 Å². The molecule has 7 heteroatoms. The van der Waals surface area contributed by atoms with Crippen LogP contribution in [0.15, 0.2) is 53.6 Å². The molecule has 0 amide bonds. The van der Waals surface area contributed by atoms with E-state index >= 15 is 0 Å². The molecule has 0 aliphatic rings. The van der Waals surface area contributed by atoms with Crippen LogP contribution >= 0.6 is 0 Å². The molecule has 0 bridgehead atoms. The molecule has 0 fully saturated rings. The number of nitro benzene ring substituents is 1. The third kappa shape index (κ3) is 2.99. The van der Waals surface area contributed by atoms with E-state index in [1.165, 1.54) is 18.2 Å². The van der Waals surface area contributed by atoms with Crippen molar-refractivity contribution in [1.82, 2.24) is 0 Å². The number of rotatable bonds is 4. The first-order valence-corrected chi connectivity index (χ1v) is 5.36. The van der Waals surface area contributed by atoms with Crippen LogP contribution < -0.4 is 5.32 Å². The van der Waals surface area contributed by atoms with E-state index in [4.69, 9.17) is 5.53 Å². The molecule has 0 aliphatic heterocycles.